The first-order chi connectivity index (χ1) is 12.1. The molecule has 0 bridgehead atoms. The van der Waals surface area contributed by atoms with Gasteiger partial charge in [-0.3, -0.25) is 4.79 Å². The first kappa shape index (κ1) is 17.4. The summed E-state index contributed by atoms with van der Waals surface area (Å²) < 4.78 is 0. The van der Waals surface area contributed by atoms with Crippen molar-refractivity contribution in [3.63, 3.8) is 0 Å². The second kappa shape index (κ2) is 7.64. The molecule has 132 valence electrons. The third kappa shape index (κ3) is 4.16. The van der Waals surface area contributed by atoms with Crippen molar-refractivity contribution in [3.8, 4) is 0 Å². The highest BCUT2D eigenvalue weighted by Gasteiger charge is 2.22. The molecule has 3 rings (SSSR count). The highest BCUT2D eigenvalue weighted by molar-refractivity contribution is 5.95. The van der Waals surface area contributed by atoms with Crippen LogP contribution in [-0.4, -0.2) is 28.3 Å². The lowest BCUT2D eigenvalue weighted by Crippen LogP contribution is -2.39. The zero-order chi connectivity index (χ0) is 17.8. The van der Waals surface area contributed by atoms with Crippen LogP contribution in [0.5, 0.6) is 0 Å². The van der Waals surface area contributed by atoms with Crippen LogP contribution >= 0.6 is 0 Å². The summed E-state index contributed by atoms with van der Waals surface area (Å²) in [5.41, 5.74) is 2.45. The summed E-state index contributed by atoms with van der Waals surface area (Å²) in [6.07, 6.45) is 4.86. The van der Waals surface area contributed by atoms with E-state index in [2.05, 4.69) is 28.2 Å². The summed E-state index contributed by atoms with van der Waals surface area (Å²) in [7, 11) is 0. The maximum absolute atomic E-state index is 11.6. The van der Waals surface area contributed by atoms with Gasteiger partial charge in [-0.2, -0.15) is 4.98 Å². The minimum absolute atomic E-state index is 0.0496. The Balaban J connectivity index is 1.86. The first-order valence-electron chi connectivity index (χ1n) is 9.07. The monoisotopic (exact) mass is 338 g/mol. The van der Waals surface area contributed by atoms with Crippen LogP contribution in [-0.2, 0) is 0 Å². The fourth-order valence-electron chi connectivity index (χ4n) is 3.43. The van der Waals surface area contributed by atoms with E-state index in [0.717, 1.165) is 30.2 Å². The van der Waals surface area contributed by atoms with Crippen molar-refractivity contribution >= 4 is 23.2 Å². The average molecular weight is 338 g/mol. The van der Waals surface area contributed by atoms with E-state index in [1.54, 1.807) is 6.92 Å². The number of nitrogens with zero attached hydrogens (tertiary/aromatic N) is 3. The van der Waals surface area contributed by atoms with Crippen molar-refractivity contribution < 1.29 is 4.79 Å². The predicted molar refractivity (Wildman–Crippen MR) is 102 cm³/mol. The second-order valence-electron chi connectivity index (χ2n) is 6.70. The van der Waals surface area contributed by atoms with E-state index in [1.165, 1.54) is 19.3 Å². The molecule has 1 aromatic heterocycles. The van der Waals surface area contributed by atoms with Crippen molar-refractivity contribution in [2.45, 2.75) is 52.5 Å². The number of rotatable bonds is 5. The lowest BCUT2D eigenvalue weighted by molar-refractivity contribution is 0.101. The van der Waals surface area contributed by atoms with Gasteiger partial charge in [-0.1, -0.05) is 19.1 Å². The summed E-state index contributed by atoms with van der Waals surface area (Å²) in [5, 5.41) is 3.25. The standard InChI is InChI=1S/C20H26N4O/c1-4-18-10-5-6-11-24(18)19-12-14(2)21-20(23-19)22-17-9-7-8-16(13-17)15(3)25/h7-9,12-13,18H,4-6,10-11H2,1-3H3,(H,21,22,23). The number of nitrogens with one attached hydrogen (secondary N) is 1. The van der Waals surface area contributed by atoms with E-state index >= 15 is 0 Å². The molecule has 1 aliphatic rings. The fraction of sp³-hybridized carbons (Fsp3) is 0.450. The molecule has 0 amide bonds. The predicted octanol–water partition coefficient (Wildman–Crippen LogP) is 4.50. The fourth-order valence-corrected chi connectivity index (χ4v) is 3.43. The molecule has 2 aromatic rings. The number of aryl methyl sites for hydroxylation is 1. The van der Waals surface area contributed by atoms with Gasteiger partial charge in [0.25, 0.3) is 0 Å². The Hall–Kier alpha value is -2.43. The Morgan fingerprint density at radius 2 is 2.12 bits per heavy atom. The minimum atomic E-state index is 0.0496. The highest BCUT2D eigenvalue weighted by Crippen LogP contribution is 2.27. The van der Waals surface area contributed by atoms with Gasteiger partial charge in [0.2, 0.25) is 5.95 Å². The number of ketones is 1. The number of aromatic nitrogens is 2. The van der Waals surface area contributed by atoms with E-state index in [1.807, 2.05) is 31.2 Å². The Morgan fingerprint density at radius 1 is 1.28 bits per heavy atom. The van der Waals surface area contributed by atoms with Crippen LogP contribution < -0.4 is 10.2 Å². The summed E-state index contributed by atoms with van der Waals surface area (Å²) in [6, 6.07) is 10.1. The Labute approximate surface area is 149 Å². The minimum Gasteiger partial charge on any atom is -0.353 e. The van der Waals surface area contributed by atoms with Gasteiger partial charge >= 0.3 is 0 Å². The molecule has 0 spiro atoms. The third-order valence-electron chi connectivity index (χ3n) is 4.76. The molecular weight excluding hydrogens is 312 g/mol. The quantitative estimate of drug-likeness (QED) is 0.813. The maximum Gasteiger partial charge on any atom is 0.229 e. The molecular formula is C20H26N4O. The number of piperidine rings is 1. The van der Waals surface area contributed by atoms with Crippen LogP contribution in [0, 0.1) is 6.92 Å². The topological polar surface area (TPSA) is 58.1 Å². The molecule has 0 saturated carbocycles. The summed E-state index contributed by atoms with van der Waals surface area (Å²) in [4.78, 5) is 23.2. The highest BCUT2D eigenvalue weighted by atomic mass is 16.1. The number of carbonyl (C=O) groups is 1. The molecule has 0 radical (unpaired) electrons. The zero-order valence-corrected chi connectivity index (χ0v) is 15.2. The molecule has 1 saturated heterocycles. The van der Waals surface area contributed by atoms with Crippen LogP contribution in [0.2, 0.25) is 0 Å². The first-order valence-corrected chi connectivity index (χ1v) is 9.07. The molecule has 1 aliphatic heterocycles. The van der Waals surface area contributed by atoms with Crippen molar-refractivity contribution in [2.24, 2.45) is 0 Å². The molecule has 1 unspecified atom stereocenters. The molecule has 5 nitrogen and oxygen atoms in total. The number of hydrogen-bond donors (Lipinski definition) is 1. The zero-order valence-electron chi connectivity index (χ0n) is 15.2. The normalized spacial score (nSPS) is 17.4. The largest absolute Gasteiger partial charge is 0.353 e. The van der Waals surface area contributed by atoms with Gasteiger partial charge in [0.1, 0.15) is 5.82 Å². The molecule has 1 fully saturated rings. The number of Topliss-reactive ketones (excluding diaryl/α,β-unsaturated/α-hetero) is 1. The SMILES string of the molecule is CCC1CCCCN1c1cc(C)nc(Nc2cccc(C(C)=O)c2)n1. The van der Waals surface area contributed by atoms with Gasteiger partial charge in [-0.25, -0.2) is 4.98 Å². The van der Waals surface area contributed by atoms with Gasteiger partial charge in [-0.15, -0.1) is 0 Å². The number of hydrogen-bond acceptors (Lipinski definition) is 5. The van der Waals surface area contributed by atoms with Crippen LogP contribution in [0.25, 0.3) is 0 Å². The van der Waals surface area contributed by atoms with Crippen LogP contribution in [0.4, 0.5) is 17.5 Å². The van der Waals surface area contributed by atoms with Crippen molar-refractivity contribution in [1.82, 2.24) is 9.97 Å². The van der Waals surface area contributed by atoms with Gasteiger partial charge in [0, 0.05) is 35.6 Å². The molecule has 2 heterocycles. The number of carbonyl (C=O) groups excluding carboxylic acids is 1. The smallest absolute Gasteiger partial charge is 0.229 e. The van der Waals surface area contributed by atoms with Gasteiger partial charge in [0.05, 0.1) is 0 Å². The molecule has 1 N–H and O–H groups in total. The molecule has 1 aromatic carbocycles. The molecule has 0 aliphatic carbocycles. The maximum atomic E-state index is 11.6. The summed E-state index contributed by atoms with van der Waals surface area (Å²) >= 11 is 0. The van der Waals surface area contributed by atoms with E-state index in [4.69, 9.17) is 4.98 Å². The second-order valence-corrected chi connectivity index (χ2v) is 6.70. The Kier molecular flexibility index (Phi) is 5.31. The summed E-state index contributed by atoms with van der Waals surface area (Å²) in [6.45, 7) is 6.85. The van der Waals surface area contributed by atoms with Gasteiger partial charge < -0.3 is 10.2 Å². The number of anilines is 3. The van der Waals surface area contributed by atoms with Gasteiger partial charge in [-0.05, 0) is 51.7 Å². The van der Waals surface area contributed by atoms with E-state index in [0.29, 0.717) is 17.6 Å². The van der Waals surface area contributed by atoms with Crippen LogP contribution in [0.1, 0.15) is 55.6 Å². The van der Waals surface area contributed by atoms with Crippen LogP contribution in [0.3, 0.4) is 0 Å². The Morgan fingerprint density at radius 3 is 2.88 bits per heavy atom. The lowest BCUT2D eigenvalue weighted by Gasteiger charge is -2.36. The van der Waals surface area contributed by atoms with E-state index in [9.17, 15) is 4.79 Å². The van der Waals surface area contributed by atoms with Gasteiger partial charge in [0.15, 0.2) is 5.78 Å². The van der Waals surface area contributed by atoms with Crippen molar-refractivity contribution in [3.05, 3.63) is 41.6 Å². The molecule has 5 heteroatoms. The third-order valence-corrected chi connectivity index (χ3v) is 4.76. The van der Waals surface area contributed by atoms with E-state index < -0.39 is 0 Å². The average Bonchev–Trinajstić information content (AvgIpc) is 2.61. The van der Waals surface area contributed by atoms with Crippen molar-refractivity contribution in [2.75, 3.05) is 16.8 Å². The van der Waals surface area contributed by atoms with Crippen LogP contribution in [0.15, 0.2) is 30.3 Å². The van der Waals surface area contributed by atoms with Crippen molar-refractivity contribution in [1.29, 1.82) is 0 Å². The lowest BCUT2D eigenvalue weighted by atomic mass is 10.00. The molecule has 25 heavy (non-hydrogen) atoms. The summed E-state index contributed by atoms with van der Waals surface area (Å²) in [5.74, 6) is 1.62. The van der Waals surface area contributed by atoms with E-state index in [-0.39, 0.29) is 5.78 Å². The Bertz CT molecular complexity index is 759. The molecule has 1 atom stereocenters. The number of benzene rings is 1.